The molecule has 19 heavy (non-hydrogen) atoms. The van der Waals surface area contributed by atoms with Gasteiger partial charge >= 0.3 is 0 Å². The Kier molecular flexibility index (Phi) is 7.33. The number of nitrogens with zero attached hydrogens (tertiary/aromatic N) is 1. The first-order valence-electron chi connectivity index (χ1n) is 7.92. The molecule has 0 aliphatic carbocycles. The van der Waals surface area contributed by atoms with Crippen LogP contribution in [-0.2, 0) is 4.74 Å². The van der Waals surface area contributed by atoms with Gasteiger partial charge in [0.25, 0.3) is 0 Å². The van der Waals surface area contributed by atoms with E-state index in [2.05, 4.69) is 37.9 Å². The van der Waals surface area contributed by atoms with Gasteiger partial charge in [-0.1, -0.05) is 27.7 Å². The average molecular weight is 270 g/mol. The molecule has 1 fully saturated rings. The highest BCUT2D eigenvalue weighted by Gasteiger charge is 2.28. The molecule has 0 radical (unpaired) electrons. The lowest BCUT2D eigenvalue weighted by atomic mass is 9.85. The van der Waals surface area contributed by atoms with Gasteiger partial charge in [0.15, 0.2) is 0 Å². The predicted octanol–water partition coefficient (Wildman–Crippen LogP) is 2.76. The maximum absolute atomic E-state index is 5.32. The lowest BCUT2D eigenvalue weighted by molar-refractivity contribution is 0.0753. The van der Waals surface area contributed by atoms with Crippen LogP contribution < -0.4 is 5.32 Å². The lowest BCUT2D eigenvalue weighted by Crippen LogP contribution is -2.51. The van der Waals surface area contributed by atoms with Crippen molar-refractivity contribution in [1.82, 2.24) is 10.2 Å². The molecule has 0 saturated carbocycles. The fourth-order valence-electron chi connectivity index (χ4n) is 2.91. The van der Waals surface area contributed by atoms with Crippen LogP contribution in [0.4, 0.5) is 0 Å². The summed E-state index contributed by atoms with van der Waals surface area (Å²) in [6.07, 6.45) is 3.85. The van der Waals surface area contributed by atoms with Crippen molar-refractivity contribution in [2.45, 2.75) is 53.0 Å². The molecule has 0 aromatic rings. The van der Waals surface area contributed by atoms with Gasteiger partial charge < -0.3 is 15.0 Å². The smallest absolute Gasteiger partial charge is 0.0502 e. The summed E-state index contributed by atoms with van der Waals surface area (Å²) in [6.45, 7) is 14.9. The van der Waals surface area contributed by atoms with Gasteiger partial charge in [0.05, 0.1) is 6.61 Å². The molecule has 114 valence electrons. The van der Waals surface area contributed by atoms with E-state index in [-0.39, 0.29) is 0 Å². The molecule has 1 saturated heterocycles. The summed E-state index contributed by atoms with van der Waals surface area (Å²) < 4.78 is 5.32. The first-order chi connectivity index (χ1) is 8.97. The summed E-state index contributed by atoms with van der Waals surface area (Å²) in [7, 11) is 1.82. The number of nitrogens with one attached hydrogen (secondary N) is 1. The quantitative estimate of drug-likeness (QED) is 0.770. The summed E-state index contributed by atoms with van der Waals surface area (Å²) in [5.74, 6) is 0.727. The van der Waals surface area contributed by atoms with Crippen LogP contribution in [0.1, 0.15) is 47.0 Å². The van der Waals surface area contributed by atoms with Gasteiger partial charge in [0.1, 0.15) is 0 Å². The molecule has 0 bridgehead atoms. The van der Waals surface area contributed by atoms with E-state index in [1.165, 1.54) is 38.9 Å². The maximum atomic E-state index is 5.32. The van der Waals surface area contributed by atoms with Gasteiger partial charge in [-0.2, -0.15) is 0 Å². The second-order valence-corrected chi connectivity index (χ2v) is 7.10. The summed E-state index contributed by atoms with van der Waals surface area (Å²) in [5.41, 5.74) is 0.323. The molecule has 0 aromatic heterocycles. The minimum Gasteiger partial charge on any atom is -0.384 e. The monoisotopic (exact) mass is 270 g/mol. The number of hydrogen-bond acceptors (Lipinski definition) is 3. The van der Waals surface area contributed by atoms with Crippen LogP contribution in [0.15, 0.2) is 0 Å². The molecule has 1 aliphatic rings. The fourth-order valence-corrected chi connectivity index (χ4v) is 2.91. The third kappa shape index (κ3) is 6.24. The van der Waals surface area contributed by atoms with E-state index in [9.17, 15) is 0 Å². The number of ether oxygens (including phenoxy) is 1. The van der Waals surface area contributed by atoms with Crippen LogP contribution in [0.5, 0.6) is 0 Å². The van der Waals surface area contributed by atoms with E-state index in [1.54, 1.807) is 0 Å². The molecule has 0 amide bonds. The maximum Gasteiger partial charge on any atom is 0.0502 e. The van der Waals surface area contributed by atoms with Gasteiger partial charge in [-0.15, -0.1) is 0 Å². The van der Waals surface area contributed by atoms with E-state index in [0.29, 0.717) is 11.5 Å². The highest BCUT2D eigenvalue weighted by atomic mass is 16.5. The number of piperidine rings is 1. The Morgan fingerprint density at radius 2 is 2.11 bits per heavy atom. The standard InChI is InChI=1S/C16H34N2O/c1-6-9-17-15(16(2,3)4)12-18-10-7-8-14(11-18)13-19-5/h14-15,17H,6-13H2,1-5H3. The molecule has 1 aliphatic heterocycles. The van der Waals surface area contributed by atoms with Crippen molar-refractivity contribution in [1.29, 1.82) is 0 Å². The Morgan fingerprint density at radius 3 is 2.68 bits per heavy atom. The minimum atomic E-state index is 0.323. The van der Waals surface area contributed by atoms with Gasteiger partial charge in [-0.3, -0.25) is 0 Å². The molecule has 1 heterocycles. The molecule has 0 aromatic carbocycles. The van der Waals surface area contributed by atoms with E-state index in [0.717, 1.165) is 19.1 Å². The number of rotatable bonds is 7. The van der Waals surface area contributed by atoms with E-state index in [4.69, 9.17) is 4.74 Å². The minimum absolute atomic E-state index is 0.323. The van der Waals surface area contributed by atoms with Crippen LogP contribution in [0.25, 0.3) is 0 Å². The number of methoxy groups -OCH3 is 1. The highest BCUT2D eigenvalue weighted by molar-refractivity contribution is 4.85. The van der Waals surface area contributed by atoms with Gasteiger partial charge in [-0.25, -0.2) is 0 Å². The molecule has 3 nitrogen and oxygen atoms in total. The normalized spacial score (nSPS) is 23.5. The summed E-state index contributed by atoms with van der Waals surface area (Å²) >= 11 is 0. The Labute approximate surface area is 120 Å². The van der Waals surface area contributed by atoms with Crippen LogP contribution in [0.3, 0.4) is 0 Å². The average Bonchev–Trinajstić information content (AvgIpc) is 2.34. The van der Waals surface area contributed by atoms with Gasteiger partial charge in [0.2, 0.25) is 0 Å². The molecular weight excluding hydrogens is 236 g/mol. The topological polar surface area (TPSA) is 24.5 Å². The third-order valence-corrected chi connectivity index (χ3v) is 4.13. The third-order valence-electron chi connectivity index (χ3n) is 4.13. The van der Waals surface area contributed by atoms with Crippen molar-refractivity contribution >= 4 is 0 Å². The highest BCUT2D eigenvalue weighted by Crippen LogP contribution is 2.23. The van der Waals surface area contributed by atoms with Crippen LogP contribution in [0.2, 0.25) is 0 Å². The zero-order valence-corrected chi connectivity index (χ0v) is 13.7. The van der Waals surface area contributed by atoms with Crippen molar-refractivity contribution < 1.29 is 4.74 Å². The van der Waals surface area contributed by atoms with Crippen molar-refractivity contribution in [3.05, 3.63) is 0 Å². The molecule has 0 spiro atoms. The molecule has 2 unspecified atom stereocenters. The largest absolute Gasteiger partial charge is 0.384 e. The molecule has 1 rings (SSSR count). The molecule has 3 heteroatoms. The molecule has 1 N–H and O–H groups in total. The van der Waals surface area contributed by atoms with Gasteiger partial charge in [-0.05, 0) is 43.7 Å². The van der Waals surface area contributed by atoms with Crippen LogP contribution in [-0.4, -0.2) is 50.8 Å². The summed E-state index contributed by atoms with van der Waals surface area (Å²) in [4.78, 5) is 2.63. The summed E-state index contributed by atoms with van der Waals surface area (Å²) in [6, 6.07) is 0.578. The SMILES string of the molecule is CCCNC(CN1CCCC(COC)C1)C(C)(C)C. The molecular formula is C16H34N2O. The second kappa shape index (κ2) is 8.23. The Bertz CT molecular complexity index is 235. The van der Waals surface area contributed by atoms with E-state index >= 15 is 0 Å². The first-order valence-corrected chi connectivity index (χ1v) is 7.92. The number of likely N-dealkylation sites (tertiary alicyclic amines) is 1. The molecule has 2 atom stereocenters. The van der Waals surface area contributed by atoms with Crippen LogP contribution in [0, 0.1) is 11.3 Å². The fraction of sp³-hybridized carbons (Fsp3) is 1.00. The van der Waals surface area contributed by atoms with Crippen molar-refractivity contribution in [2.75, 3.05) is 39.9 Å². The Hall–Kier alpha value is -0.120. The van der Waals surface area contributed by atoms with E-state index < -0.39 is 0 Å². The summed E-state index contributed by atoms with van der Waals surface area (Å²) in [5, 5.41) is 3.73. The Morgan fingerprint density at radius 1 is 1.37 bits per heavy atom. The van der Waals surface area contributed by atoms with Crippen molar-refractivity contribution in [2.24, 2.45) is 11.3 Å². The van der Waals surface area contributed by atoms with Crippen molar-refractivity contribution in [3.63, 3.8) is 0 Å². The predicted molar refractivity (Wildman–Crippen MR) is 82.6 cm³/mol. The zero-order chi connectivity index (χ0) is 14.3. The van der Waals surface area contributed by atoms with Gasteiger partial charge in [0, 0.05) is 26.2 Å². The first kappa shape index (κ1) is 16.9. The number of hydrogen-bond donors (Lipinski definition) is 1. The second-order valence-electron chi connectivity index (χ2n) is 7.10. The lowest BCUT2D eigenvalue weighted by Gasteiger charge is -2.39. The van der Waals surface area contributed by atoms with Crippen molar-refractivity contribution in [3.8, 4) is 0 Å². The Balaban J connectivity index is 2.48. The van der Waals surface area contributed by atoms with E-state index in [1.807, 2.05) is 7.11 Å². The van der Waals surface area contributed by atoms with Crippen LogP contribution >= 0.6 is 0 Å². The zero-order valence-electron chi connectivity index (χ0n) is 13.7.